The lowest BCUT2D eigenvalue weighted by atomic mass is 10.00. The van der Waals surface area contributed by atoms with Crippen LogP contribution in [0.1, 0.15) is 27.9 Å². The summed E-state index contributed by atoms with van der Waals surface area (Å²) >= 11 is 0. The maximum atomic E-state index is 14.2. The van der Waals surface area contributed by atoms with E-state index in [1.54, 1.807) is 6.92 Å². The summed E-state index contributed by atoms with van der Waals surface area (Å²) in [5.41, 5.74) is 4.43. The second-order valence-electron chi connectivity index (χ2n) is 5.03. The Labute approximate surface area is 112 Å². The van der Waals surface area contributed by atoms with Gasteiger partial charge in [0.2, 0.25) is 0 Å². The molecule has 0 bridgehead atoms. The largest absolute Gasteiger partial charge is 0.253 e. The summed E-state index contributed by atoms with van der Waals surface area (Å²) in [7, 11) is 0. The number of halogens is 2. The Morgan fingerprint density at radius 3 is 2.00 bits per heavy atom. The molecule has 1 heterocycles. The highest BCUT2D eigenvalue weighted by atomic mass is 19.1. The second-order valence-corrected chi connectivity index (χ2v) is 5.03. The lowest BCUT2D eigenvalue weighted by Gasteiger charge is -2.12. The molecule has 0 amide bonds. The molecule has 0 fully saturated rings. The minimum absolute atomic E-state index is 0.0488. The molecule has 0 N–H and O–H groups in total. The topological polar surface area (TPSA) is 12.9 Å². The summed E-state index contributed by atoms with van der Waals surface area (Å²) in [5.74, 6) is -1.01. The summed E-state index contributed by atoms with van der Waals surface area (Å²) < 4.78 is 27.9. The third kappa shape index (κ3) is 2.25. The highest BCUT2D eigenvalue weighted by Crippen LogP contribution is 2.29. The Kier molecular flexibility index (Phi) is 3.40. The zero-order valence-electron chi connectivity index (χ0n) is 11.9. The first-order valence-electron chi connectivity index (χ1n) is 6.23. The molecule has 1 nitrogen and oxygen atoms in total. The van der Waals surface area contributed by atoms with Gasteiger partial charge in [-0.05, 0) is 63.4 Å². The second kappa shape index (κ2) is 4.72. The molecule has 1 aromatic carbocycles. The summed E-state index contributed by atoms with van der Waals surface area (Å²) in [4.78, 5) is 4.41. The number of pyridine rings is 1. The molecule has 0 saturated carbocycles. The van der Waals surface area contributed by atoms with E-state index in [0.717, 1.165) is 16.8 Å². The van der Waals surface area contributed by atoms with Crippen LogP contribution in [-0.2, 0) is 0 Å². The van der Waals surface area contributed by atoms with Crippen molar-refractivity contribution in [2.75, 3.05) is 0 Å². The molecule has 2 rings (SSSR count). The molecule has 0 radical (unpaired) electrons. The van der Waals surface area contributed by atoms with Gasteiger partial charge in [-0.1, -0.05) is 0 Å². The van der Waals surface area contributed by atoms with E-state index in [1.165, 1.54) is 13.0 Å². The van der Waals surface area contributed by atoms with Crippen molar-refractivity contribution in [3.05, 3.63) is 51.7 Å². The standard InChI is InChI=1S/C16H17F2N/c1-8-7-14(19-12(5)10(8)3)13-6-9(2)15(17)11(4)16(13)18/h6-7H,1-5H3. The summed E-state index contributed by atoms with van der Waals surface area (Å²) in [6.45, 7) is 8.94. The molecule has 100 valence electrons. The van der Waals surface area contributed by atoms with E-state index in [1.807, 2.05) is 26.8 Å². The number of nitrogens with zero attached hydrogens (tertiary/aromatic N) is 1. The van der Waals surface area contributed by atoms with Gasteiger partial charge in [0, 0.05) is 16.8 Å². The molecule has 1 aromatic heterocycles. The highest BCUT2D eigenvalue weighted by molar-refractivity contribution is 5.64. The third-order valence-corrected chi connectivity index (χ3v) is 3.65. The zero-order chi connectivity index (χ0) is 14.3. The van der Waals surface area contributed by atoms with Gasteiger partial charge in [0.25, 0.3) is 0 Å². The number of aromatic nitrogens is 1. The summed E-state index contributed by atoms with van der Waals surface area (Å²) in [5, 5.41) is 0. The fourth-order valence-electron chi connectivity index (χ4n) is 2.16. The van der Waals surface area contributed by atoms with Gasteiger partial charge in [-0.25, -0.2) is 8.78 Å². The van der Waals surface area contributed by atoms with Crippen LogP contribution in [0.5, 0.6) is 0 Å². The average Bonchev–Trinajstić information content (AvgIpc) is 2.37. The quantitative estimate of drug-likeness (QED) is 0.732. The number of hydrogen-bond acceptors (Lipinski definition) is 1. The van der Waals surface area contributed by atoms with Gasteiger partial charge in [0.15, 0.2) is 0 Å². The maximum absolute atomic E-state index is 14.2. The van der Waals surface area contributed by atoms with Gasteiger partial charge in [-0.2, -0.15) is 0 Å². The molecular formula is C16H17F2N. The van der Waals surface area contributed by atoms with Gasteiger partial charge >= 0.3 is 0 Å². The van der Waals surface area contributed by atoms with Crippen molar-refractivity contribution in [1.29, 1.82) is 0 Å². The van der Waals surface area contributed by atoms with Crippen LogP contribution < -0.4 is 0 Å². The highest BCUT2D eigenvalue weighted by Gasteiger charge is 2.16. The Balaban J connectivity index is 2.73. The molecule has 3 heteroatoms. The van der Waals surface area contributed by atoms with Crippen molar-refractivity contribution in [2.24, 2.45) is 0 Å². The van der Waals surface area contributed by atoms with Crippen LogP contribution in [0, 0.1) is 46.3 Å². The first kappa shape index (κ1) is 13.7. The van der Waals surface area contributed by atoms with E-state index in [-0.39, 0.29) is 5.56 Å². The molecule has 0 saturated heterocycles. The van der Waals surface area contributed by atoms with Crippen LogP contribution >= 0.6 is 0 Å². The number of hydrogen-bond donors (Lipinski definition) is 0. The Morgan fingerprint density at radius 2 is 1.42 bits per heavy atom. The Hall–Kier alpha value is -1.77. The van der Waals surface area contributed by atoms with Gasteiger partial charge in [-0.3, -0.25) is 4.98 Å². The number of aryl methyl sites for hydroxylation is 3. The predicted molar refractivity (Wildman–Crippen MR) is 73.3 cm³/mol. The number of benzene rings is 1. The first-order chi connectivity index (χ1) is 8.82. The third-order valence-electron chi connectivity index (χ3n) is 3.65. The monoisotopic (exact) mass is 261 g/mol. The SMILES string of the molecule is Cc1cc(-c2cc(C)c(F)c(C)c2F)nc(C)c1C. The normalized spacial score (nSPS) is 10.9. The van der Waals surface area contributed by atoms with E-state index < -0.39 is 11.6 Å². The van der Waals surface area contributed by atoms with Crippen LogP contribution in [0.2, 0.25) is 0 Å². The fourth-order valence-corrected chi connectivity index (χ4v) is 2.16. The molecule has 2 aromatic rings. The lowest BCUT2D eigenvalue weighted by molar-refractivity contribution is 0.564. The van der Waals surface area contributed by atoms with Crippen LogP contribution in [0.25, 0.3) is 11.3 Å². The number of rotatable bonds is 1. The average molecular weight is 261 g/mol. The van der Waals surface area contributed by atoms with Crippen molar-refractivity contribution in [2.45, 2.75) is 34.6 Å². The van der Waals surface area contributed by atoms with Crippen molar-refractivity contribution in [3.8, 4) is 11.3 Å². The van der Waals surface area contributed by atoms with Crippen molar-refractivity contribution >= 4 is 0 Å². The van der Waals surface area contributed by atoms with E-state index in [2.05, 4.69) is 4.98 Å². The molecule has 19 heavy (non-hydrogen) atoms. The van der Waals surface area contributed by atoms with Crippen LogP contribution in [0.15, 0.2) is 12.1 Å². The lowest BCUT2D eigenvalue weighted by Crippen LogP contribution is -2.00. The molecule has 0 spiro atoms. The minimum atomic E-state index is -0.529. The summed E-state index contributed by atoms with van der Waals surface area (Å²) in [6.07, 6.45) is 0. The minimum Gasteiger partial charge on any atom is -0.253 e. The molecule has 0 aliphatic heterocycles. The van der Waals surface area contributed by atoms with Crippen LogP contribution in [-0.4, -0.2) is 4.98 Å². The van der Waals surface area contributed by atoms with Gasteiger partial charge in [-0.15, -0.1) is 0 Å². The predicted octanol–water partition coefficient (Wildman–Crippen LogP) is 4.57. The maximum Gasteiger partial charge on any atom is 0.138 e. The van der Waals surface area contributed by atoms with E-state index in [4.69, 9.17) is 0 Å². The van der Waals surface area contributed by atoms with Crippen molar-refractivity contribution in [3.63, 3.8) is 0 Å². The summed E-state index contributed by atoms with van der Waals surface area (Å²) in [6, 6.07) is 3.37. The van der Waals surface area contributed by atoms with E-state index in [0.29, 0.717) is 16.8 Å². The van der Waals surface area contributed by atoms with Gasteiger partial charge in [0.1, 0.15) is 11.6 Å². The Bertz CT molecular complexity index is 637. The smallest absolute Gasteiger partial charge is 0.138 e. The van der Waals surface area contributed by atoms with Crippen molar-refractivity contribution in [1.82, 2.24) is 4.98 Å². The van der Waals surface area contributed by atoms with Crippen molar-refractivity contribution < 1.29 is 8.78 Å². The zero-order valence-corrected chi connectivity index (χ0v) is 11.9. The molecule has 0 aliphatic rings. The van der Waals surface area contributed by atoms with Crippen LogP contribution in [0.4, 0.5) is 8.78 Å². The molecule has 0 atom stereocenters. The Morgan fingerprint density at radius 1 is 0.789 bits per heavy atom. The first-order valence-corrected chi connectivity index (χ1v) is 6.23. The molecule has 0 unspecified atom stereocenters. The van der Waals surface area contributed by atoms with Gasteiger partial charge in [0.05, 0.1) is 5.69 Å². The van der Waals surface area contributed by atoms with E-state index in [9.17, 15) is 8.78 Å². The van der Waals surface area contributed by atoms with Crippen LogP contribution in [0.3, 0.4) is 0 Å². The van der Waals surface area contributed by atoms with E-state index >= 15 is 0 Å². The molecular weight excluding hydrogens is 244 g/mol. The fraction of sp³-hybridized carbons (Fsp3) is 0.312. The van der Waals surface area contributed by atoms with Gasteiger partial charge < -0.3 is 0 Å². The molecule has 0 aliphatic carbocycles.